The van der Waals surface area contributed by atoms with E-state index in [0.29, 0.717) is 0 Å². The first-order valence-corrected chi connectivity index (χ1v) is 14.7. The Kier molecular flexibility index (Phi) is 18.8. The van der Waals surface area contributed by atoms with Gasteiger partial charge in [0.15, 0.2) is 0 Å². The Morgan fingerprint density at radius 2 is 0.957 bits per heavy atom. The van der Waals surface area contributed by atoms with Crippen LogP contribution in [0.2, 0.25) is 26.2 Å². The van der Waals surface area contributed by atoms with Crippen LogP contribution in [-0.4, -0.2) is 114 Å². The smallest absolute Gasteiger partial charge is 0.672 e. The van der Waals surface area contributed by atoms with Crippen LogP contribution in [0.25, 0.3) is 9.96 Å². The summed E-state index contributed by atoms with van der Waals surface area (Å²) in [6, 6.07) is 0. The second-order valence-electron chi connectivity index (χ2n) is 7.38. The molecule has 0 aliphatic carbocycles. The van der Waals surface area contributed by atoms with Crippen molar-refractivity contribution in [2.24, 2.45) is 0 Å². The Morgan fingerprint density at radius 3 is 1.22 bits per heavy atom. The summed E-state index contributed by atoms with van der Waals surface area (Å²) in [4.78, 5) is 4.92. The van der Waals surface area contributed by atoms with Gasteiger partial charge in [0, 0.05) is 0 Å². The second kappa shape index (κ2) is 16.5. The van der Waals surface area contributed by atoms with Crippen LogP contribution in [0.5, 0.6) is 0 Å². The molecule has 0 aromatic rings. The number of rotatable bonds is 2. The molecule has 134 valence electrons. The predicted molar refractivity (Wildman–Crippen MR) is 110 cm³/mol. The van der Waals surface area contributed by atoms with E-state index in [9.17, 15) is 0 Å². The third-order valence-electron chi connectivity index (χ3n) is 3.95. The summed E-state index contributed by atoms with van der Waals surface area (Å²) in [7, 11) is 5.80. The van der Waals surface area contributed by atoms with Crippen LogP contribution in [-0.2, 0) is 0 Å². The summed E-state index contributed by atoms with van der Waals surface area (Å²) in [5, 5.41) is 4.58. The Balaban J connectivity index is 0. The Morgan fingerprint density at radius 1 is 0.652 bits per heavy atom. The molecule has 1 fully saturated rings. The summed E-state index contributed by atoms with van der Waals surface area (Å²) in [6.45, 7) is 18.7. The Hall–Kier alpha value is 1.00. The first-order chi connectivity index (χ1) is 10.3. The Bertz CT molecular complexity index is 238. The predicted octanol–water partition coefficient (Wildman–Crippen LogP) is -3.14. The first kappa shape index (κ1) is 26.2. The van der Waals surface area contributed by atoms with Gasteiger partial charge in [-0.3, -0.25) is 0 Å². The zero-order valence-corrected chi connectivity index (χ0v) is 20.6. The minimum absolute atomic E-state index is 0. The summed E-state index contributed by atoms with van der Waals surface area (Å²) < 4.78 is 4.56. The quantitative estimate of drug-likeness (QED) is 0.429. The SMILES string of the molecule is C[NH+]1CC[N-]CC[NH+](C)CC[NH+](C)CC1.C[SiH](C)[N-][SiH](C)C.[Mg+2]. The fourth-order valence-corrected chi connectivity index (χ4v) is 7.25. The zero-order valence-electron chi connectivity index (χ0n) is 16.9. The molecule has 0 amide bonds. The van der Waals surface area contributed by atoms with E-state index < -0.39 is 17.9 Å². The van der Waals surface area contributed by atoms with Gasteiger partial charge in [-0.25, -0.2) is 0 Å². The van der Waals surface area contributed by atoms with Gasteiger partial charge < -0.3 is 24.7 Å². The fraction of sp³-hybridized carbons (Fsp3) is 1.00. The average Bonchev–Trinajstić information content (AvgIpc) is 2.40. The molecule has 3 N–H and O–H groups in total. The average molecular weight is 373 g/mol. The van der Waals surface area contributed by atoms with Crippen molar-refractivity contribution in [3.63, 3.8) is 0 Å². The molecule has 1 rings (SSSR count). The van der Waals surface area contributed by atoms with E-state index in [2.05, 4.69) is 57.3 Å². The van der Waals surface area contributed by atoms with Crippen molar-refractivity contribution in [1.82, 2.24) is 0 Å². The van der Waals surface area contributed by atoms with Gasteiger partial charge in [-0.15, -0.1) is 0 Å². The van der Waals surface area contributed by atoms with Gasteiger partial charge in [-0.05, 0) is 0 Å². The van der Waals surface area contributed by atoms with Gasteiger partial charge in [0.05, 0.1) is 34.2 Å². The van der Waals surface area contributed by atoms with Gasteiger partial charge in [0.2, 0.25) is 0 Å². The molecular formula is C15H42MgN5Si2+3. The van der Waals surface area contributed by atoms with E-state index in [-0.39, 0.29) is 23.1 Å². The van der Waals surface area contributed by atoms with Crippen LogP contribution < -0.4 is 14.7 Å². The summed E-state index contributed by atoms with van der Waals surface area (Å²) >= 11 is 0. The van der Waals surface area contributed by atoms with Crippen LogP contribution in [0, 0.1) is 0 Å². The molecule has 5 nitrogen and oxygen atoms in total. The van der Waals surface area contributed by atoms with E-state index in [1.54, 1.807) is 14.7 Å². The molecule has 8 heteroatoms. The maximum atomic E-state index is 4.58. The number of likely N-dealkylation sites (N-methyl/N-ethyl adjacent to an activating group) is 3. The molecular weight excluding hydrogens is 331 g/mol. The molecule has 0 saturated carbocycles. The fourth-order valence-electron chi connectivity index (χ4n) is 2.48. The molecule has 1 heterocycles. The third-order valence-corrected chi connectivity index (χ3v) is 8.72. The van der Waals surface area contributed by atoms with Crippen molar-refractivity contribution >= 4 is 41.0 Å². The molecule has 2 atom stereocenters. The van der Waals surface area contributed by atoms with Gasteiger partial charge >= 0.3 is 23.1 Å². The normalized spacial score (nSPS) is 27.3. The summed E-state index contributed by atoms with van der Waals surface area (Å²) in [5.41, 5.74) is 0. The molecule has 0 aromatic heterocycles. The topological polar surface area (TPSA) is 41.5 Å². The maximum absolute atomic E-state index is 4.58. The van der Waals surface area contributed by atoms with Crippen molar-refractivity contribution in [2.75, 3.05) is 73.5 Å². The van der Waals surface area contributed by atoms with Crippen molar-refractivity contribution in [1.29, 1.82) is 0 Å². The Labute approximate surface area is 165 Å². The van der Waals surface area contributed by atoms with Crippen LogP contribution in [0.1, 0.15) is 0 Å². The van der Waals surface area contributed by atoms with E-state index in [1.165, 1.54) is 39.3 Å². The molecule has 1 aliphatic rings. The van der Waals surface area contributed by atoms with Gasteiger partial charge in [0.1, 0.15) is 26.2 Å². The number of nitrogens with one attached hydrogen (secondary N) is 3. The number of hydrogen-bond acceptors (Lipinski definition) is 0. The minimum Gasteiger partial charge on any atom is -0.672 e. The zero-order chi connectivity index (χ0) is 17.0. The van der Waals surface area contributed by atoms with Crippen LogP contribution in [0.4, 0.5) is 0 Å². The van der Waals surface area contributed by atoms with Crippen LogP contribution in [0.15, 0.2) is 0 Å². The second-order valence-corrected chi connectivity index (χ2v) is 12.9. The molecule has 0 radical (unpaired) electrons. The van der Waals surface area contributed by atoms with Gasteiger partial charge in [0.25, 0.3) is 0 Å². The monoisotopic (exact) mass is 372 g/mol. The molecule has 2 unspecified atom stereocenters. The minimum atomic E-state index is -0.542. The summed E-state index contributed by atoms with van der Waals surface area (Å²) in [5.74, 6) is 0. The molecule has 1 saturated heterocycles. The van der Waals surface area contributed by atoms with E-state index in [4.69, 9.17) is 0 Å². The maximum Gasteiger partial charge on any atom is 2.00 e. The van der Waals surface area contributed by atoms with Crippen molar-refractivity contribution in [3.8, 4) is 0 Å². The van der Waals surface area contributed by atoms with Crippen molar-refractivity contribution in [2.45, 2.75) is 26.2 Å². The van der Waals surface area contributed by atoms with E-state index in [0.717, 1.165) is 13.1 Å². The molecule has 0 aromatic carbocycles. The van der Waals surface area contributed by atoms with Gasteiger partial charge in [-0.1, -0.05) is 57.2 Å². The number of quaternary nitrogens is 3. The van der Waals surface area contributed by atoms with Crippen LogP contribution in [0.3, 0.4) is 0 Å². The molecule has 0 bridgehead atoms. The number of hydrogen-bond donors (Lipinski definition) is 3. The molecule has 1 aliphatic heterocycles. The van der Waals surface area contributed by atoms with E-state index >= 15 is 0 Å². The molecule has 0 spiro atoms. The van der Waals surface area contributed by atoms with Gasteiger partial charge in [-0.2, -0.15) is 0 Å². The largest absolute Gasteiger partial charge is 2.00 e. The third kappa shape index (κ3) is 19.2. The number of nitrogens with zero attached hydrogens (tertiary/aromatic N) is 2. The van der Waals surface area contributed by atoms with Crippen LogP contribution >= 0.6 is 0 Å². The van der Waals surface area contributed by atoms with Crippen molar-refractivity contribution in [3.05, 3.63) is 9.96 Å². The summed E-state index contributed by atoms with van der Waals surface area (Å²) in [6.07, 6.45) is 0. The van der Waals surface area contributed by atoms with E-state index in [1.807, 2.05) is 0 Å². The standard InChI is InChI=1S/C11H25N4.C4H14NSi2.Mg/c1-13-6-4-12-5-7-14(2)9-11-15(3)10-8-13;1-6(2)5-7(3)4;/h4-11H2,1-3H3;6-7H,1-4H3;/q2*-1;+2/p+3. The first-order valence-electron chi connectivity index (χ1n) is 9.08. The molecule has 23 heavy (non-hydrogen) atoms. The van der Waals surface area contributed by atoms with Crippen molar-refractivity contribution < 1.29 is 14.7 Å².